The summed E-state index contributed by atoms with van der Waals surface area (Å²) in [7, 11) is 2.24. The van der Waals surface area contributed by atoms with Gasteiger partial charge in [0.1, 0.15) is 0 Å². The first kappa shape index (κ1) is 12.3. The van der Waals surface area contributed by atoms with Crippen LogP contribution >= 0.6 is 0 Å². The van der Waals surface area contributed by atoms with Gasteiger partial charge in [0.25, 0.3) is 0 Å². The second-order valence-corrected chi connectivity index (χ2v) is 6.28. The molecule has 94 valence electrons. The number of hydrogen-bond acceptors (Lipinski definition) is 3. The third-order valence-electron chi connectivity index (χ3n) is 4.26. The first-order chi connectivity index (χ1) is 7.49. The van der Waals surface area contributed by atoms with Crippen LogP contribution in [0.3, 0.4) is 0 Å². The molecule has 0 aromatic rings. The number of piperidine rings is 1. The van der Waals surface area contributed by atoms with Gasteiger partial charge in [0.05, 0.1) is 0 Å². The smallest absolute Gasteiger partial charge is 0.0281 e. The predicted octanol–water partition coefficient (Wildman–Crippen LogP) is 1.15. The molecule has 1 N–H and O–H groups in total. The summed E-state index contributed by atoms with van der Waals surface area (Å²) in [5.74, 6) is 0. The number of piperazine rings is 1. The van der Waals surface area contributed by atoms with Gasteiger partial charge in [-0.3, -0.25) is 4.90 Å². The third-order valence-corrected chi connectivity index (χ3v) is 4.26. The van der Waals surface area contributed by atoms with Gasteiger partial charge in [-0.25, -0.2) is 0 Å². The van der Waals surface area contributed by atoms with E-state index in [4.69, 9.17) is 0 Å². The fourth-order valence-electron chi connectivity index (χ4n) is 3.08. The van der Waals surface area contributed by atoms with E-state index in [0.717, 1.165) is 12.6 Å². The Morgan fingerprint density at radius 1 is 1.19 bits per heavy atom. The Bertz CT molecular complexity index is 231. The van der Waals surface area contributed by atoms with Gasteiger partial charge < -0.3 is 10.2 Å². The largest absolute Gasteiger partial charge is 0.311 e. The van der Waals surface area contributed by atoms with Crippen LogP contribution in [0.25, 0.3) is 0 Å². The Morgan fingerprint density at radius 2 is 1.81 bits per heavy atom. The van der Waals surface area contributed by atoms with Gasteiger partial charge in [-0.05, 0) is 53.8 Å². The van der Waals surface area contributed by atoms with E-state index in [9.17, 15) is 0 Å². The highest BCUT2D eigenvalue weighted by Crippen LogP contribution is 2.26. The number of hydrogen-bond donors (Lipinski definition) is 1. The molecular weight excluding hydrogens is 198 g/mol. The normalized spacial score (nSPS) is 34.1. The van der Waals surface area contributed by atoms with Crippen LogP contribution in [0.1, 0.15) is 33.6 Å². The quantitative estimate of drug-likeness (QED) is 0.722. The summed E-state index contributed by atoms with van der Waals surface area (Å²) >= 11 is 0. The molecular formula is C13H27N3. The van der Waals surface area contributed by atoms with E-state index in [1.54, 1.807) is 0 Å². The van der Waals surface area contributed by atoms with Crippen molar-refractivity contribution in [2.24, 2.45) is 0 Å². The summed E-state index contributed by atoms with van der Waals surface area (Å²) in [6.45, 7) is 11.9. The van der Waals surface area contributed by atoms with Gasteiger partial charge in [0.2, 0.25) is 0 Å². The van der Waals surface area contributed by atoms with Crippen LogP contribution in [0.5, 0.6) is 0 Å². The standard InChI is InChI=1S/C13H27N3/c1-11-9-16(13(2,3)10-14-11)12-5-7-15(4)8-6-12/h11-12,14H,5-10H2,1-4H3. The Hall–Kier alpha value is -0.120. The lowest BCUT2D eigenvalue weighted by molar-refractivity contribution is 0.00415. The molecule has 2 aliphatic rings. The van der Waals surface area contributed by atoms with E-state index in [1.165, 1.54) is 32.5 Å². The molecule has 0 radical (unpaired) electrons. The van der Waals surface area contributed by atoms with Gasteiger partial charge in [-0.2, -0.15) is 0 Å². The lowest BCUT2D eigenvalue weighted by Gasteiger charge is -2.51. The SMILES string of the molecule is CC1CN(C2CCN(C)CC2)C(C)(C)CN1. The van der Waals surface area contributed by atoms with Crippen LogP contribution in [0.2, 0.25) is 0 Å². The van der Waals surface area contributed by atoms with E-state index in [-0.39, 0.29) is 0 Å². The Balaban J connectivity index is 2.00. The molecule has 2 heterocycles. The lowest BCUT2D eigenvalue weighted by atomic mass is 9.91. The van der Waals surface area contributed by atoms with Crippen molar-refractivity contribution in [3.8, 4) is 0 Å². The summed E-state index contributed by atoms with van der Waals surface area (Å²) in [6.07, 6.45) is 2.68. The fraction of sp³-hybridized carbons (Fsp3) is 1.00. The highest BCUT2D eigenvalue weighted by molar-refractivity contribution is 4.96. The molecule has 2 rings (SSSR count). The fourth-order valence-corrected chi connectivity index (χ4v) is 3.08. The summed E-state index contributed by atoms with van der Waals surface area (Å²) in [5, 5.41) is 3.60. The zero-order valence-corrected chi connectivity index (χ0v) is 11.3. The van der Waals surface area contributed by atoms with Crippen molar-refractivity contribution >= 4 is 0 Å². The Kier molecular flexibility index (Phi) is 3.57. The van der Waals surface area contributed by atoms with Gasteiger partial charge in [-0.15, -0.1) is 0 Å². The minimum atomic E-state index is 0.326. The van der Waals surface area contributed by atoms with E-state index < -0.39 is 0 Å². The van der Waals surface area contributed by atoms with Crippen LogP contribution in [-0.4, -0.2) is 60.6 Å². The zero-order chi connectivity index (χ0) is 11.8. The van der Waals surface area contributed by atoms with Crippen molar-refractivity contribution in [2.45, 2.75) is 51.2 Å². The Morgan fingerprint density at radius 3 is 2.44 bits per heavy atom. The molecule has 1 atom stereocenters. The summed E-state index contributed by atoms with van der Waals surface area (Å²) in [4.78, 5) is 5.20. The van der Waals surface area contributed by atoms with Crippen molar-refractivity contribution < 1.29 is 0 Å². The molecule has 3 heteroatoms. The molecule has 2 fully saturated rings. The molecule has 0 spiro atoms. The first-order valence-corrected chi connectivity index (χ1v) is 6.68. The van der Waals surface area contributed by atoms with Crippen molar-refractivity contribution in [3.05, 3.63) is 0 Å². The van der Waals surface area contributed by atoms with E-state index in [2.05, 4.69) is 42.9 Å². The lowest BCUT2D eigenvalue weighted by Crippen LogP contribution is -2.65. The van der Waals surface area contributed by atoms with Crippen LogP contribution in [-0.2, 0) is 0 Å². The minimum Gasteiger partial charge on any atom is -0.311 e. The average molecular weight is 225 g/mol. The van der Waals surface area contributed by atoms with Gasteiger partial charge >= 0.3 is 0 Å². The van der Waals surface area contributed by atoms with Gasteiger partial charge in [-0.1, -0.05) is 0 Å². The summed E-state index contributed by atoms with van der Waals surface area (Å²) in [6, 6.07) is 1.45. The van der Waals surface area contributed by atoms with E-state index in [1.807, 2.05) is 0 Å². The molecule has 0 aliphatic carbocycles. The molecule has 2 aliphatic heterocycles. The molecule has 3 nitrogen and oxygen atoms in total. The maximum atomic E-state index is 3.60. The van der Waals surface area contributed by atoms with E-state index >= 15 is 0 Å². The molecule has 1 unspecified atom stereocenters. The molecule has 0 aromatic carbocycles. The topological polar surface area (TPSA) is 18.5 Å². The summed E-state index contributed by atoms with van der Waals surface area (Å²) in [5.41, 5.74) is 0.326. The van der Waals surface area contributed by atoms with Crippen LogP contribution in [0.4, 0.5) is 0 Å². The second kappa shape index (κ2) is 4.63. The third kappa shape index (κ3) is 2.58. The van der Waals surface area contributed by atoms with E-state index in [0.29, 0.717) is 11.6 Å². The van der Waals surface area contributed by atoms with Crippen molar-refractivity contribution in [3.63, 3.8) is 0 Å². The van der Waals surface area contributed by atoms with Crippen molar-refractivity contribution in [2.75, 3.05) is 33.2 Å². The van der Waals surface area contributed by atoms with Crippen LogP contribution in [0, 0.1) is 0 Å². The summed E-state index contributed by atoms with van der Waals surface area (Å²) < 4.78 is 0. The van der Waals surface area contributed by atoms with Gasteiger partial charge in [0, 0.05) is 30.7 Å². The predicted molar refractivity (Wildman–Crippen MR) is 68.8 cm³/mol. The van der Waals surface area contributed by atoms with Crippen molar-refractivity contribution in [1.29, 1.82) is 0 Å². The maximum absolute atomic E-state index is 3.60. The molecule has 16 heavy (non-hydrogen) atoms. The Labute approximate surface area is 100 Å². The second-order valence-electron chi connectivity index (χ2n) is 6.28. The first-order valence-electron chi connectivity index (χ1n) is 6.68. The number of nitrogens with zero attached hydrogens (tertiary/aromatic N) is 2. The van der Waals surface area contributed by atoms with Crippen LogP contribution in [0.15, 0.2) is 0 Å². The number of nitrogens with one attached hydrogen (secondary N) is 1. The number of likely N-dealkylation sites (tertiary alicyclic amines) is 1. The van der Waals surface area contributed by atoms with Crippen LogP contribution < -0.4 is 5.32 Å². The highest BCUT2D eigenvalue weighted by Gasteiger charge is 2.37. The molecule has 0 aromatic heterocycles. The molecule has 0 bridgehead atoms. The monoisotopic (exact) mass is 225 g/mol. The molecule has 0 amide bonds. The van der Waals surface area contributed by atoms with Gasteiger partial charge in [0.15, 0.2) is 0 Å². The minimum absolute atomic E-state index is 0.326. The zero-order valence-electron chi connectivity index (χ0n) is 11.3. The van der Waals surface area contributed by atoms with Crippen molar-refractivity contribution in [1.82, 2.24) is 15.1 Å². The maximum Gasteiger partial charge on any atom is 0.0281 e. The molecule has 2 saturated heterocycles. The highest BCUT2D eigenvalue weighted by atomic mass is 15.3. The molecule has 0 saturated carbocycles. The number of rotatable bonds is 1. The average Bonchev–Trinajstić information content (AvgIpc) is 2.23.